The van der Waals surface area contributed by atoms with Crippen LogP contribution in [-0.2, 0) is 10.2 Å². The van der Waals surface area contributed by atoms with Gasteiger partial charge < -0.3 is 10.6 Å². The second-order valence-electron chi connectivity index (χ2n) is 6.47. The Morgan fingerprint density at radius 2 is 1.64 bits per heavy atom. The molecule has 0 spiro atoms. The smallest absolute Gasteiger partial charge is 0.251 e. The second kappa shape index (κ2) is 7.92. The van der Waals surface area contributed by atoms with Crippen molar-refractivity contribution in [3.63, 3.8) is 0 Å². The molecule has 2 aromatic carbocycles. The van der Waals surface area contributed by atoms with Crippen LogP contribution in [0.4, 0.5) is 4.39 Å². The summed E-state index contributed by atoms with van der Waals surface area (Å²) >= 11 is 0. The van der Waals surface area contributed by atoms with Gasteiger partial charge in [-0.15, -0.1) is 0 Å². The number of benzene rings is 2. The molecule has 0 aliphatic rings. The van der Waals surface area contributed by atoms with E-state index in [1.807, 2.05) is 44.2 Å². The number of hydrogen-bond acceptors (Lipinski definition) is 2. The first-order valence-corrected chi connectivity index (χ1v) is 8.20. The van der Waals surface area contributed by atoms with Crippen LogP contribution in [0.25, 0.3) is 0 Å². The van der Waals surface area contributed by atoms with E-state index in [4.69, 9.17) is 0 Å². The van der Waals surface area contributed by atoms with Crippen LogP contribution in [0.15, 0.2) is 48.5 Å². The number of nitrogens with one attached hydrogen (secondary N) is 2. The Balaban J connectivity index is 1.83. The van der Waals surface area contributed by atoms with E-state index in [2.05, 4.69) is 10.6 Å². The van der Waals surface area contributed by atoms with Gasteiger partial charge in [-0.1, -0.05) is 36.4 Å². The van der Waals surface area contributed by atoms with E-state index in [9.17, 15) is 14.0 Å². The van der Waals surface area contributed by atoms with Crippen LogP contribution in [-0.4, -0.2) is 24.9 Å². The molecule has 2 rings (SSSR count). The molecule has 0 fully saturated rings. The highest BCUT2D eigenvalue weighted by Gasteiger charge is 2.29. The van der Waals surface area contributed by atoms with Crippen molar-refractivity contribution in [3.8, 4) is 0 Å². The van der Waals surface area contributed by atoms with Crippen molar-refractivity contribution in [2.24, 2.45) is 0 Å². The summed E-state index contributed by atoms with van der Waals surface area (Å²) in [5, 5.41) is 5.49. The molecule has 0 heterocycles. The van der Waals surface area contributed by atoms with Crippen LogP contribution in [0.3, 0.4) is 0 Å². The van der Waals surface area contributed by atoms with Crippen molar-refractivity contribution in [1.82, 2.24) is 10.6 Å². The predicted molar refractivity (Wildman–Crippen MR) is 95.9 cm³/mol. The van der Waals surface area contributed by atoms with Gasteiger partial charge in [-0.2, -0.15) is 0 Å². The molecule has 0 aliphatic carbocycles. The lowest BCUT2D eigenvalue weighted by Crippen LogP contribution is -2.43. The first-order valence-electron chi connectivity index (χ1n) is 8.20. The van der Waals surface area contributed by atoms with Crippen molar-refractivity contribution in [3.05, 3.63) is 71.0 Å². The molecule has 2 amide bonds. The molecule has 2 N–H and O–H groups in total. The largest absolute Gasteiger partial charge is 0.354 e. The molecule has 0 saturated heterocycles. The zero-order valence-electron chi connectivity index (χ0n) is 14.7. The number of halogens is 1. The lowest BCUT2D eigenvalue weighted by atomic mass is 9.84. The molecule has 132 valence electrons. The quantitative estimate of drug-likeness (QED) is 0.793. The van der Waals surface area contributed by atoms with Crippen LogP contribution < -0.4 is 10.6 Å². The van der Waals surface area contributed by atoms with Gasteiger partial charge in [0.15, 0.2) is 0 Å². The van der Waals surface area contributed by atoms with Gasteiger partial charge >= 0.3 is 0 Å². The van der Waals surface area contributed by atoms with Crippen molar-refractivity contribution >= 4 is 11.8 Å². The summed E-state index contributed by atoms with van der Waals surface area (Å²) in [6, 6.07) is 13.9. The Bertz CT molecular complexity index is 758. The van der Waals surface area contributed by atoms with Crippen LogP contribution in [0.1, 0.15) is 35.3 Å². The minimum Gasteiger partial charge on any atom is -0.354 e. The Labute approximate surface area is 147 Å². The van der Waals surface area contributed by atoms with Crippen LogP contribution in [0, 0.1) is 12.7 Å². The fourth-order valence-electron chi connectivity index (χ4n) is 2.40. The molecule has 0 radical (unpaired) electrons. The van der Waals surface area contributed by atoms with E-state index in [1.54, 1.807) is 19.1 Å². The molecule has 5 heteroatoms. The maximum absolute atomic E-state index is 13.5. The standard InChI is InChI=1S/C20H23FN2O2/c1-14-9-10-15(13-17(14)21)18(24)22-11-12-23-19(25)20(2,3)16-7-5-4-6-8-16/h4-10,13H,11-12H2,1-3H3,(H,22,24)(H,23,25). The molecular weight excluding hydrogens is 319 g/mol. The Morgan fingerprint density at radius 1 is 1.00 bits per heavy atom. The van der Waals surface area contributed by atoms with E-state index in [1.165, 1.54) is 6.07 Å². The number of carbonyl (C=O) groups is 2. The van der Waals surface area contributed by atoms with Gasteiger partial charge in [0.05, 0.1) is 5.41 Å². The lowest BCUT2D eigenvalue weighted by Gasteiger charge is -2.24. The van der Waals surface area contributed by atoms with Crippen molar-refractivity contribution in [2.75, 3.05) is 13.1 Å². The van der Waals surface area contributed by atoms with Gasteiger partial charge in [-0.25, -0.2) is 4.39 Å². The highest BCUT2D eigenvalue weighted by atomic mass is 19.1. The van der Waals surface area contributed by atoms with E-state index in [0.29, 0.717) is 12.1 Å². The summed E-state index contributed by atoms with van der Waals surface area (Å²) < 4.78 is 13.5. The first-order chi connectivity index (χ1) is 11.8. The molecule has 0 unspecified atom stereocenters. The van der Waals surface area contributed by atoms with Crippen molar-refractivity contribution < 1.29 is 14.0 Å². The third-order valence-electron chi connectivity index (χ3n) is 4.19. The van der Waals surface area contributed by atoms with Crippen molar-refractivity contribution in [2.45, 2.75) is 26.2 Å². The first kappa shape index (κ1) is 18.6. The highest BCUT2D eigenvalue weighted by molar-refractivity contribution is 5.94. The normalized spacial score (nSPS) is 11.0. The predicted octanol–water partition coefficient (Wildman–Crippen LogP) is 2.96. The summed E-state index contributed by atoms with van der Waals surface area (Å²) in [4.78, 5) is 24.4. The minimum absolute atomic E-state index is 0.116. The van der Waals surface area contributed by atoms with Crippen LogP contribution in [0.5, 0.6) is 0 Å². The summed E-state index contributed by atoms with van der Waals surface area (Å²) in [7, 11) is 0. The Kier molecular flexibility index (Phi) is 5.91. The fourth-order valence-corrected chi connectivity index (χ4v) is 2.40. The summed E-state index contributed by atoms with van der Waals surface area (Å²) in [5.41, 5.74) is 1.02. The summed E-state index contributed by atoms with van der Waals surface area (Å²) in [5.74, 6) is -0.893. The van der Waals surface area contributed by atoms with Gasteiger partial charge in [0.25, 0.3) is 5.91 Å². The molecule has 0 bridgehead atoms. The number of amides is 2. The van der Waals surface area contributed by atoms with E-state index < -0.39 is 11.2 Å². The molecule has 2 aromatic rings. The maximum atomic E-state index is 13.5. The summed E-state index contributed by atoms with van der Waals surface area (Å²) in [6.45, 7) is 5.91. The molecule has 0 saturated carbocycles. The van der Waals surface area contributed by atoms with Gasteiger partial charge in [-0.05, 0) is 44.0 Å². The SMILES string of the molecule is Cc1ccc(C(=O)NCCNC(=O)C(C)(C)c2ccccc2)cc1F. The van der Waals surface area contributed by atoms with Gasteiger partial charge in [-0.3, -0.25) is 9.59 Å². The number of rotatable bonds is 6. The monoisotopic (exact) mass is 342 g/mol. The Hall–Kier alpha value is -2.69. The molecular formula is C20H23FN2O2. The van der Waals surface area contributed by atoms with E-state index in [0.717, 1.165) is 5.56 Å². The number of hydrogen-bond donors (Lipinski definition) is 2. The average molecular weight is 342 g/mol. The van der Waals surface area contributed by atoms with Crippen LogP contribution >= 0.6 is 0 Å². The van der Waals surface area contributed by atoms with Gasteiger partial charge in [0.2, 0.25) is 5.91 Å². The fraction of sp³-hybridized carbons (Fsp3) is 0.300. The van der Waals surface area contributed by atoms with Crippen LogP contribution in [0.2, 0.25) is 0 Å². The second-order valence-corrected chi connectivity index (χ2v) is 6.47. The van der Waals surface area contributed by atoms with Gasteiger partial charge in [0.1, 0.15) is 5.82 Å². The average Bonchev–Trinajstić information content (AvgIpc) is 2.61. The van der Waals surface area contributed by atoms with Crippen molar-refractivity contribution in [1.29, 1.82) is 0 Å². The maximum Gasteiger partial charge on any atom is 0.251 e. The molecule has 25 heavy (non-hydrogen) atoms. The Morgan fingerprint density at radius 3 is 2.28 bits per heavy atom. The molecule has 4 nitrogen and oxygen atoms in total. The minimum atomic E-state index is -0.661. The number of carbonyl (C=O) groups excluding carboxylic acids is 2. The lowest BCUT2D eigenvalue weighted by molar-refractivity contribution is -0.125. The molecule has 0 aliphatic heterocycles. The highest BCUT2D eigenvalue weighted by Crippen LogP contribution is 2.22. The molecule has 0 aromatic heterocycles. The third-order valence-corrected chi connectivity index (χ3v) is 4.19. The van der Waals surface area contributed by atoms with E-state index in [-0.39, 0.29) is 23.9 Å². The topological polar surface area (TPSA) is 58.2 Å². The molecule has 0 atom stereocenters. The number of aryl methyl sites for hydroxylation is 1. The third kappa shape index (κ3) is 4.66. The summed E-state index contributed by atoms with van der Waals surface area (Å²) in [6.07, 6.45) is 0. The zero-order valence-corrected chi connectivity index (χ0v) is 14.7. The van der Waals surface area contributed by atoms with E-state index >= 15 is 0 Å². The van der Waals surface area contributed by atoms with Gasteiger partial charge in [0, 0.05) is 18.7 Å². The zero-order chi connectivity index (χ0) is 18.4.